The molecule has 0 bridgehead atoms. The molecular weight excluding hydrogens is 416 g/mol. The Bertz CT molecular complexity index is 406. The Morgan fingerprint density at radius 1 is 0.471 bits per heavy atom. The Kier molecular flexibility index (Phi) is 26.6. The highest BCUT2D eigenvalue weighted by molar-refractivity contribution is 5.72. The second kappa shape index (κ2) is 27.1. The van der Waals surface area contributed by atoms with Gasteiger partial charge in [0, 0.05) is 0 Å². The minimum absolute atomic E-state index is 0.111. The average Bonchev–Trinajstić information content (AvgIpc) is 2.84. The van der Waals surface area contributed by atoms with Gasteiger partial charge in [-0.1, -0.05) is 156 Å². The maximum atomic E-state index is 13.0. The number of carbonyl (C=O) groups is 1. The van der Waals surface area contributed by atoms with E-state index in [9.17, 15) is 4.79 Å². The summed E-state index contributed by atoms with van der Waals surface area (Å²) < 4.78 is 6.02. The fraction of sp³-hybridized carbons (Fsp3) is 0.969. The minimum Gasteiger partial charge on any atom is -0.462 e. The van der Waals surface area contributed by atoms with Crippen LogP contribution in [0.1, 0.15) is 188 Å². The van der Waals surface area contributed by atoms with E-state index in [0.29, 0.717) is 0 Å². The van der Waals surface area contributed by atoms with E-state index in [1.165, 1.54) is 135 Å². The van der Waals surface area contributed by atoms with Crippen molar-refractivity contribution < 1.29 is 9.53 Å². The van der Waals surface area contributed by atoms with Gasteiger partial charge >= 0.3 is 5.97 Å². The number of ether oxygens (including phenoxy) is 1. The normalized spacial score (nSPS) is 13.2. The first-order valence-corrected chi connectivity index (χ1v) is 15.9. The molecule has 0 N–H and O–H groups in total. The van der Waals surface area contributed by atoms with Crippen molar-refractivity contribution in [3.05, 3.63) is 0 Å². The maximum Gasteiger partial charge on any atom is 0.309 e. The molecule has 0 saturated carbocycles. The van der Waals surface area contributed by atoms with Gasteiger partial charge < -0.3 is 4.74 Å². The predicted octanol–water partition coefficient (Wildman–Crippen LogP) is 11.3. The summed E-state index contributed by atoms with van der Waals surface area (Å²) in [6, 6.07) is 0. The van der Waals surface area contributed by atoms with Gasteiger partial charge in [-0.05, 0) is 32.1 Å². The van der Waals surface area contributed by atoms with Gasteiger partial charge in [0.15, 0.2) is 0 Å². The van der Waals surface area contributed by atoms with Crippen LogP contribution in [0.4, 0.5) is 0 Å². The molecule has 0 aliphatic rings. The van der Waals surface area contributed by atoms with Crippen LogP contribution in [-0.2, 0) is 9.53 Å². The van der Waals surface area contributed by atoms with Gasteiger partial charge in [0.25, 0.3) is 0 Å². The van der Waals surface area contributed by atoms with Crippen molar-refractivity contribution in [1.82, 2.24) is 0 Å². The number of carbonyl (C=O) groups excluding carboxylic acids is 1. The van der Waals surface area contributed by atoms with Crippen molar-refractivity contribution in [3.63, 3.8) is 0 Å². The Hall–Kier alpha value is -0.530. The molecule has 2 unspecified atom stereocenters. The molecule has 34 heavy (non-hydrogen) atoms. The average molecular weight is 481 g/mol. The van der Waals surface area contributed by atoms with E-state index in [4.69, 9.17) is 4.74 Å². The van der Waals surface area contributed by atoms with E-state index < -0.39 is 0 Å². The maximum absolute atomic E-state index is 13.0. The van der Waals surface area contributed by atoms with Crippen molar-refractivity contribution in [2.45, 2.75) is 194 Å². The molecule has 0 aliphatic heterocycles. The van der Waals surface area contributed by atoms with E-state index in [2.05, 4.69) is 27.7 Å². The van der Waals surface area contributed by atoms with Gasteiger partial charge in [-0.25, -0.2) is 0 Å². The lowest BCUT2D eigenvalue weighted by Crippen LogP contribution is -2.24. The van der Waals surface area contributed by atoms with Crippen molar-refractivity contribution >= 4 is 5.97 Å². The summed E-state index contributed by atoms with van der Waals surface area (Å²) in [5.74, 6) is 0.245. The first-order chi connectivity index (χ1) is 16.7. The van der Waals surface area contributed by atoms with Gasteiger partial charge in [0.1, 0.15) is 6.10 Å². The van der Waals surface area contributed by atoms with E-state index in [-0.39, 0.29) is 18.0 Å². The van der Waals surface area contributed by atoms with Crippen LogP contribution < -0.4 is 0 Å². The summed E-state index contributed by atoms with van der Waals surface area (Å²) in [5.41, 5.74) is 0. The van der Waals surface area contributed by atoms with Gasteiger partial charge in [0.2, 0.25) is 0 Å². The Morgan fingerprint density at radius 3 is 1.18 bits per heavy atom. The molecule has 0 aromatic heterocycles. The molecule has 0 aliphatic carbocycles. The summed E-state index contributed by atoms with van der Waals surface area (Å²) in [6.07, 6.45) is 32.1. The zero-order valence-electron chi connectivity index (χ0n) is 24.1. The van der Waals surface area contributed by atoms with Crippen LogP contribution in [0, 0.1) is 5.92 Å². The summed E-state index contributed by atoms with van der Waals surface area (Å²) in [4.78, 5) is 13.0. The van der Waals surface area contributed by atoms with Gasteiger partial charge in [-0.2, -0.15) is 0 Å². The SMILES string of the molecule is CCCCCCCCCCCCCCC(CCCCCCCC)C(=O)OC(CC)CCCCC. The van der Waals surface area contributed by atoms with E-state index in [0.717, 1.165) is 25.7 Å². The molecule has 0 aromatic rings. The summed E-state index contributed by atoms with van der Waals surface area (Å²) in [5, 5.41) is 0. The van der Waals surface area contributed by atoms with Gasteiger partial charge in [0.05, 0.1) is 5.92 Å². The molecule has 0 saturated heterocycles. The molecule has 0 rings (SSSR count). The first kappa shape index (κ1) is 33.5. The predicted molar refractivity (Wildman–Crippen MR) is 151 cm³/mol. The third-order valence-corrected chi connectivity index (χ3v) is 7.51. The molecule has 2 heteroatoms. The second-order valence-electron chi connectivity index (χ2n) is 10.9. The van der Waals surface area contributed by atoms with E-state index in [1.54, 1.807) is 0 Å². The van der Waals surface area contributed by atoms with Crippen LogP contribution in [-0.4, -0.2) is 12.1 Å². The fourth-order valence-corrected chi connectivity index (χ4v) is 5.01. The topological polar surface area (TPSA) is 26.3 Å². The number of rotatable bonds is 27. The lowest BCUT2D eigenvalue weighted by atomic mass is 9.94. The third-order valence-electron chi connectivity index (χ3n) is 7.51. The lowest BCUT2D eigenvalue weighted by molar-refractivity contribution is -0.155. The molecule has 0 fully saturated rings. The van der Waals surface area contributed by atoms with Crippen molar-refractivity contribution in [1.29, 1.82) is 0 Å². The monoisotopic (exact) mass is 480 g/mol. The molecule has 0 amide bonds. The fourth-order valence-electron chi connectivity index (χ4n) is 5.01. The number of unbranched alkanes of at least 4 members (excludes halogenated alkanes) is 18. The largest absolute Gasteiger partial charge is 0.462 e. The quantitative estimate of drug-likeness (QED) is 0.0862. The number of hydrogen-bond acceptors (Lipinski definition) is 2. The Labute approximate surface area is 215 Å². The Morgan fingerprint density at radius 2 is 0.794 bits per heavy atom. The smallest absolute Gasteiger partial charge is 0.309 e. The van der Waals surface area contributed by atoms with Crippen LogP contribution in [0.2, 0.25) is 0 Å². The lowest BCUT2D eigenvalue weighted by Gasteiger charge is -2.21. The van der Waals surface area contributed by atoms with E-state index >= 15 is 0 Å². The standard InChI is InChI=1S/C32H64O2/c1-5-9-12-14-16-17-18-19-20-21-23-26-28-30(27-25-22-15-13-10-6-2)32(33)34-31(8-4)29-24-11-7-3/h30-31H,5-29H2,1-4H3. The molecule has 0 aromatic carbocycles. The summed E-state index contributed by atoms with van der Waals surface area (Å²) in [7, 11) is 0. The van der Waals surface area contributed by atoms with Gasteiger partial charge in [-0.15, -0.1) is 0 Å². The highest BCUT2D eigenvalue weighted by Gasteiger charge is 2.22. The van der Waals surface area contributed by atoms with Crippen LogP contribution >= 0.6 is 0 Å². The molecule has 2 nitrogen and oxygen atoms in total. The zero-order valence-corrected chi connectivity index (χ0v) is 24.1. The van der Waals surface area contributed by atoms with Crippen molar-refractivity contribution in [3.8, 4) is 0 Å². The molecule has 0 radical (unpaired) electrons. The van der Waals surface area contributed by atoms with Gasteiger partial charge in [-0.3, -0.25) is 4.79 Å². The van der Waals surface area contributed by atoms with Crippen molar-refractivity contribution in [2.24, 2.45) is 5.92 Å². The summed E-state index contributed by atoms with van der Waals surface area (Å²) in [6.45, 7) is 8.96. The molecular formula is C32H64O2. The second-order valence-corrected chi connectivity index (χ2v) is 10.9. The first-order valence-electron chi connectivity index (χ1n) is 15.9. The molecule has 2 atom stereocenters. The number of hydrogen-bond donors (Lipinski definition) is 0. The summed E-state index contributed by atoms with van der Waals surface area (Å²) >= 11 is 0. The highest BCUT2D eigenvalue weighted by atomic mass is 16.5. The highest BCUT2D eigenvalue weighted by Crippen LogP contribution is 2.23. The van der Waals surface area contributed by atoms with Crippen LogP contribution in [0.3, 0.4) is 0 Å². The number of esters is 1. The Balaban J connectivity index is 4.17. The zero-order chi connectivity index (χ0) is 25.1. The van der Waals surface area contributed by atoms with Crippen LogP contribution in [0.15, 0.2) is 0 Å². The van der Waals surface area contributed by atoms with E-state index in [1.807, 2.05) is 0 Å². The van der Waals surface area contributed by atoms with Crippen LogP contribution in [0.5, 0.6) is 0 Å². The molecule has 0 heterocycles. The minimum atomic E-state index is 0.111. The molecule has 0 spiro atoms. The molecule has 204 valence electrons. The van der Waals surface area contributed by atoms with Crippen LogP contribution in [0.25, 0.3) is 0 Å². The third kappa shape index (κ3) is 22.0. The van der Waals surface area contributed by atoms with Crippen molar-refractivity contribution in [2.75, 3.05) is 0 Å².